The Morgan fingerprint density at radius 3 is 2.46 bits per heavy atom. The minimum Gasteiger partial charge on any atom is -0.489 e. The van der Waals surface area contributed by atoms with E-state index in [4.69, 9.17) is 4.74 Å². The van der Waals surface area contributed by atoms with E-state index in [9.17, 15) is 14.7 Å². The minimum absolute atomic E-state index is 0.226. The van der Waals surface area contributed by atoms with Gasteiger partial charge in [0.2, 0.25) is 0 Å². The van der Waals surface area contributed by atoms with Crippen LogP contribution in [0.25, 0.3) is 0 Å². The summed E-state index contributed by atoms with van der Waals surface area (Å²) in [5.74, 6) is -0.372. The first-order valence-electron chi connectivity index (χ1n) is 7.96. The highest BCUT2D eigenvalue weighted by Crippen LogP contribution is 2.21. The first-order valence-corrected chi connectivity index (χ1v) is 7.96. The van der Waals surface area contributed by atoms with Crippen molar-refractivity contribution in [3.63, 3.8) is 0 Å². The lowest BCUT2D eigenvalue weighted by atomic mass is 10.1. The topological polar surface area (TPSA) is 66.8 Å². The van der Waals surface area contributed by atoms with Crippen molar-refractivity contribution in [1.82, 2.24) is 4.90 Å². The van der Waals surface area contributed by atoms with Gasteiger partial charge in [0.1, 0.15) is 18.4 Å². The van der Waals surface area contributed by atoms with E-state index in [1.807, 2.05) is 42.5 Å². The maximum Gasteiger partial charge on any atom is 0.326 e. The van der Waals surface area contributed by atoms with Crippen LogP contribution in [-0.4, -0.2) is 34.5 Å². The quantitative estimate of drug-likeness (QED) is 0.918. The van der Waals surface area contributed by atoms with Crippen LogP contribution in [0, 0.1) is 0 Å². The lowest BCUT2D eigenvalue weighted by molar-refractivity contribution is -0.141. The van der Waals surface area contributed by atoms with E-state index in [0.717, 1.165) is 17.7 Å². The molecule has 1 amide bonds. The molecule has 5 nitrogen and oxygen atoms in total. The van der Waals surface area contributed by atoms with Gasteiger partial charge in [0, 0.05) is 12.1 Å². The molecule has 0 saturated carbocycles. The normalized spacial score (nSPS) is 16.8. The van der Waals surface area contributed by atoms with Crippen LogP contribution in [0.3, 0.4) is 0 Å². The van der Waals surface area contributed by atoms with Gasteiger partial charge in [-0.2, -0.15) is 0 Å². The highest BCUT2D eigenvalue weighted by atomic mass is 16.5. The molecule has 1 N–H and O–H groups in total. The Hall–Kier alpha value is -2.82. The first-order chi connectivity index (χ1) is 11.6. The maximum atomic E-state index is 12.5. The summed E-state index contributed by atoms with van der Waals surface area (Å²) in [6.07, 6.45) is 1.25. The number of para-hydroxylation sites is 1. The van der Waals surface area contributed by atoms with Crippen molar-refractivity contribution < 1.29 is 19.4 Å². The monoisotopic (exact) mass is 325 g/mol. The summed E-state index contributed by atoms with van der Waals surface area (Å²) in [5.41, 5.74) is 1.46. The highest BCUT2D eigenvalue weighted by Gasteiger charge is 2.34. The fourth-order valence-electron chi connectivity index (χ4n) is 2.86. The Bertz CT molecular complexity index is 712. The number of ether oxygens (including phenoxy) is 1. The molecular weight excluding hydrogens is 306 g/mol. The van der Waals surface area contributed by atoms with Gasteiger partial charge >= 0.3 is 5.97 Å². The van der Waals surface area contributed by atoms with E-state index in [1.165, 1.54) is 4.90 Å². The second-order valence-electron chi connectivity index (χ2n) is 5.79. The van der Waals surface area contributed by atoms with Crippen molar-refractivity contribution in [2.24, 2.45) is 0 Å². The molecule has 1 aliphatic rings. The molecule has 0 bridgehead atoms. The average molecular weight is 325 g/mol. The van der Waals surface area contributed by atoms with Crippen LogP contribution in [0.15, 0.2) is 54.6 Å². The number of carboxylic acids is 1. The lowest BCUT2D eigenvalue weighted by Crippen LogP contribution is -2.40. The fraction of sp³-hybridized carbons (Fsp3) is 0.263. The third kappa shape index (κ3) is 3.56. The smallest absolute Gasteiger partial charge is 0.326 e. The number of carboxylic acid groups (broad SMARTS) is 1. The zero-order chi connectivity index (χ0) is 16.9. The van der Waals surface area contributed by atoms with Crippen LogP contribution in [0.1, 0.15) is 28.8 Å². The molecule has 1 saturated heterocycles. The summed E-state index contributed by atoms with van der Waals surface area (Å²) in [6, 6.07) is 15.9. The molecule has 0 unspecified atom stereocenters. The molecule has 2 aromatic rings. The molecular formula is C19H19NO4. The van der Waals surface area contributed by atoms with E-state index in [0.29, 0.717) is 25.1 Å². The molecule has 1 heterocycles. The van der Waals surface area contributed by atoms with Crippen molar-refractivity contribution in [3.8, 4) is 5.75 Å². The zero-order valence-corrected chi connectivity index (χ0v) is 13.2. The van der Waals surface area contributed by atoms with Crippen molar-refractivity contribution in [1.29, 1.82) is 0 Å². The molecule has 1 atom stereocenters. The first kappa shape index (κ1) is 16.1. The Balaban J connectivity index is 1.63. The molecule has 0 aromatic heterocycles. The molecule has 2 aromatic carbocycles. The number of amides is 1. The van der Waals surface area contributed by atoms with Crippen molar-refractivity contribution >= 4 is 11.9 Å². The second-order valence-corrected chi connectivity index (χ2v) is 5.79. The molecule has 5 heteroatoms. The van der Waals surface area contributed by atoms with Gasteiger partial charge in [0.15, 0.2) is 0 Å². The van der Waals surface area contributed by atoms with E-state index < -0.39 is 12.0 Å². The van der Waals surface area contributed by atoms with E-state index in [1.54, 1.807) is 12.1 Å². The fourth-order valence-corrected chi connectivity index (χ4v) is 2.86. The molecule has 124 valence electrons. The van der Waals surface area contributed by atoms with Crippen LogP contribution in [0.5, 0.6) is 5.75 Å². The number of hydrogen-bond donors (Lipinski definition) is 1. The van der Waals surface area contributed by atoms with Gasteiger partial charge in [-0.25, -0.2) is 4.79 Å². The number of rotatable bonds is 5. The SMILES string of the molecule is O=C(O)[C@H]1CCCN1C(=O)c1ccc(COc2ccccc2)cc1. The van der Waals surface area contributed by atoms with Crippen molar-refractivity contribution in [2.45, 2.75) is 25.5 Å². The lowest BCUT2D eigenvalue weighted by Gasteiger charge is -2.21. The number of likely N-dealkylation sites (tertiary alicyclic amines) is 1. The summed E-state index contributed by atoms with van der Waals surface area (Å²) in [6.45, 7) is 0.911. The number of carbonyl (C=O) groups is 2. The van der Waals surface area contributed by atoms with E-state index in [-0.39, 0.29) is 5.91 Å². The standard InChI is InChI=1S/C19H19NO4/c21-18(20-12-4-7-17(20)19(22)23)15-10-8-14(9-11-15)13-24-16-5-2-1-3-6-16/h1-3,5-6,8-11,17H,4,7,12-13H2,(H,22,23)/t17-/m1/s1. The molecule has 3 rings (SSSR count). The van der Waals surface area contributed by atoms with Crippen molar-refractivity contribution in [3.05, 3.63) is 65.7 Å². The zero-order valence-electron chi connectivity index (χ0n) is 13.2. The molecule has 24 heavy (non-hydrogen) atoms. The maximum absolute atomic E-state index is 12.5. The third-order valence-electron chi connectivity index (χ3n) is 4.15. The Labute approximate surface area is 140 Å². The van der Waals surface area contributed by atoms with Gasteiger partial charge in [0.05, 0.1) is 0 Å². The predicted molar refractivity (Wildman–Crippen MR) is 88.9 cm³/mol. The van der Waals surface area contributed by atoms with Gasteiger partial charge in [-0.3, -0.25) is 4.79 Å². The number of hydrogen-bond acceptors (Lipinski definition) is 3. The molecule has 0 radical (unpaired) electrons. The number of aliphatic carboxylic acids is 1. The number of nitrogens with zero attached hydrogens (tertiary/aromatic N) is 1. The summed E-state index contributed by atoms with van der Waals surface area (Å²) in [7, 11) is 0. The Kier molecular flexibility index (Phi) is 4.79. The van der Waals surface area contributed by atoms with Crippen LogP contribution in [0.2, 0.25) is 0 Å². The van der Waals surface area contributed by atoms with Crippen LogP contribution >= 0.6 is 0 Å². The summed E-state index contributed by atoms with van der Waals surface area (Å²) < 4.78 is 5.67. The van der Waals surface area contributed by atoms with Gasteiger partial charge in [0.25, 0.3) is 5.91 Å². The van der Waals surface area contributed by atoms with E-state index >= 15 is 0 Å². The summed E-state index contributed by atoms with van der Waals surface area (Å²) in [5, 5.41) is 9.19. The second kappa shape index (κ2) is 7.17. The Morgan fingerprint density at radius 1 is 1.08 bits per heavy atom. The number of benzene rings is 2. The summed E-state index contributed by atoms with van der Waals surface area (Å²) in [4.78, 5) is 25.1. The van der Waals surface area contributed by atoms with Gasteiger partial charge in [-0.05, 0) is 42.7 Å². The van der Waals surface area contributed by atoms with Crippen molar-refractivity contribution in [2.75, 3.05) is 6.54 Å². The van der Waals surface area contributed by atoms with Crippen LogP contribution in [-0.2, 0) is 11.4 Å². The Morgan fingerprint density at radius 2 is 1.79 bits per heavy atom. The summed E-state index contributed by atoms with van der Waals surface area (Å²) >= 11 is 0. The molecule has 1 fully saturated rings. The highest BCUT2D eigenvalue weighted by molar-refractivity contribution is 5.97. The predicted octanol–water partition coefficient (Wildman–Crippen LogP) is 2.95. The number of carbonyl (C=O) groups excluding carboxylic acids is 1. The van der Waals surface area contributed by atoms with Gasteiger partial charge in [-0.15, -0.1) is 0 Å². The largest absolute Gasteiger partial charge is 0.489 e. The molecule has 0 aliphatic carbocycles. The minimum atomic E-state index is -0.936. The molecule has 1 aliphatic heterocycles. The van der Waals surface area contributed by atoms with Gasteiger partial charge in [-0.1, -0.05) is 30.3 Å². The van der Waals surface area contributed by atoms with Crippen LogP contribution in [0.4, 0.5) is 0 Å². The molecule has 0 spiro atoms. The van der Waals surface area contributed by atoms with E-state index in [2.05, 4.69) is 0 Å². The van der Waals surface area contributed by atoms with Crippen LogP contribution < -0.4 is 4.74 Å². The average Bonchev–Trinajstić information content (AvgIpc) is 3.11. The van der Waals surface area contributed by atoms with Gasteiger partial charge < -0.3 is 14.7 Å². The third-order valence-corrected chi connectivity index (χ3v) is 4.15.